The summed E-state index contributed by atoms with van der Waals surface area (Å²) in [5.74, 6) is 5.03. The number of methoxy groups -OCH3 is 4. The van der Waals surface area contributed by atoms with Gasteiger partial charge in [0.05, 0.1) is 33.9 Å². The Morgan fingerprint density at radius 1 is 0.453 bits per heavy atom. The minimum atomic E-state index is -0.686. The normalized spacial score (nSPS) is 19.0. The molecule has 4 aromatic carbocycles. The van der Waals surface area contributed by atoms with Gasteiger partial charge in [-0.05, 0) is 119 Å². The number of fused-ring (bicyclic) bond motifs is 12. The van der Waals surface area contributed by atoms with Crippen LogP contribution in [0.4, 0.5) is 11.4 Å². The molecule has 0 amide bonds. The van der Waals surface area contributed by atoms with Crippen LogP contribution in [0.5, 0.6) is 23.0 Å². The fraction of sp³-hybridized carbons (Fsp3) is 0.395. The number of hydrogen-bond donors (Lipinski definition) is 0. The van der Waals surface area contributed by atoms with E-state index in [1.54, 1.807) is 28.4 Å². The van der Waals surface area contributed by atoms with Gasteiger partial charge in [0.1, 0.15) is 0 Å². The lowest BCUT2D eigenvalue weighted by Gasteiger charge is -2.42. The number of ether oxygens (including phenoxy) is 4. The summed E-state index contributed by atoms with van der Waals surface area (Å²) in [6, 6.07) is 22.8. The molecule has 6 aliphatic rings. The highest BCUT2D eigenvalue weighted by atomic mass is 16.5. The third-order valence-corrected chi connectivity index (χ3v) is 12.2. The standard InChI is InChI=1S/C43H46N6O4/c1-50-37-23-31-29-11-9-27(48-19-7-17-46-15-5-13-44-41(46)48)21-33(29)43(35(31)25-39(37)52-3)34-22-28(49-20-8-18-47-16-6-14-45-42(47)49)10-12-30(34)32-24-38(51-2)40(53-4)26-36(32)43/h9-12,21-26H,5-8,13-20H2,1-4H3. The van der Waals surface area contributed by atoms with E-state index in [2.05, 4.69) is 80.3 Å². The molecule has 272 valence electrons. The van der Waals surface area contributed by atoms with E-state index < -0.39 is 5.41 Å². The van der Waals surface area contributed by atoms with E-state index in [4.69, 9.17) is 28.9 Å². The molecule has 10 heteroatoms. The smallest absolute Gasteiger partial charge is 0.201 e. The zero-order valence-corrected chi connectivity index (χ0v) is 31.1. The third-order valence-electron chi connectivity index (χ3n) is 12.2. The predicted octanol–water partition coefficient (Wildman–Crippen LogP) is 6.61. The summed E-state index contributed by atoms with van der Waals surface area (Å²) < 4.78 is 24.0. The van der Waals surface area contributed by atoms with Crippen molar-refractivity contribution >= 4 is 23.3 Å². The van der Waals surface area contributed by atoms with Gasteiger partial charge < -0.3 is 38.5 Å². The minimum absolute atomic E-state index is 0.686. The Labute approximate surface area is 311 Å². The third kappa shape index (κ3) is 4.56. The maximum absolute atomic E-state index is 6.05. The van der Waals surface area contributed by atoms with Crippen molar-refractivity contribution in [2.75, 3.05) is 90.6 Å². The number of anilines is 2. The SMILES string of the molecule is COc1cc2c(cc1OC)C1(c3cc(N4CCCN5CCCN=C54)ccc3-2)c2cc(N3CCCN4CCCN=C43)ccc2-c2cc(OC)c(OC)cc21. The van der Waals surface area contributed by atoms with Crippen molar-refractivity contribution in [2.24, 2.45) is 9.98 Å². The summed E-state index contributed by atoms with van der Waals surface area (Å²) in [5, 5.41) is 0. The first kappa shape index (κ1) is 32.3. The van der Waals surface area contributed by atoms with Crippen molar-refractivity contribution in [3.63, 3.8) is 0 Å². The molecule has 4 aromatic rings. The molecular weight excluding hydrogens is 665 g/mol. The maximum atomic E-state index is 6.05. The van der Waals surface area contributed by atoms with Crippen molar-refractivity contribution in [1.82, 2.24) is 9.80 Å². The number of benzene rings is 4. The Bertz CT molecular complexity index is 2060. The first-order chi connectivity index (χ1) is 26.1. The molecule has 2 saturated heterocycles. The van der Waals surface area contributed by atoms with Crippen LogP contribution < -0.4 is 28.7 Å². The average molecular weight is 711 g/mol. The first-order valence-electron chi connectivity index (χ1n) is 19.1. The topological polar surface area (TPSA) is 74.6 Å². The zero-order valence-electron chi connectivity index (χ0n) is 31.1. The van der Waals surface area contributed by atoms with Crippen LogP contribution in [0, 0.1) is 0 Å². The van der Waals surface area contributed by atoms with Crippen LogP contribution in [0.3, 0.4) is 0 Å². The Kier molecular flexibility index (Phi) is 7.53. The van der Waals surface area contributed by atoms with Gasteiger partial charge in [-0.15, -0.1) is 0 Å². The monoisotopic (exact) mass is 710 g/mol. The van der Waals surface area contributed by atoms with Crippen LogP contribution in [-0.2, 0) is 5.41 Å². The van der Waals surface area contributed by atoms with Crippen LogP contribution in [0.2, 0.25) is 0 Å². The van der Waals surface area contributed by atoms with Gasteiger partial charge in [0.25, 0.3) is 0 Å². The van der Waals surface area contributed by atoms with Crippen molar-refractivity contribution in [1.29, 1.82) is 0 Å². The number of aliphatic imine (C=N–C) groups is 2. The maximum Gasteiger partial charge on any atom is 0.201 e. The van der Waals surface area contributed by atoms with Gasteiger partial charge in [0.2, 0.25) is 11.9 Å². The van der Waals surface area contributed by atoms with Gasteiger partial charge in [0, 0.05) is 63.7 Å². The van der Waals surface area contributed by atoms with Gasteiger partial charge in [0.15, 0.2) is 23.0 Å². The molecule has 0 radical (unpaired) electrons. The lowest BCUT2D eigenvalue weighted by molar-refractivity contribution is 0.354. The van der Waals surface area contributed by atoms with Gasteiger partial charge >= 0.3 is 0 Å². The second-order valence-corrected chi connectivity index (χ2v) is 14.8. The highest BCUT2D eigenvalue weighted by Gasteiger charge is 2.53. The van der Waals surface area contributed by atoms with E-state index >= 15 is 0 Å². The van der Waals surface area contributed by atoms with Gasteiger partial charge in [-0.1, -0.05) is 12.1 Å². The molecule has 1 spiro atoms. The Morgan fingerprint density at radius 2 is 0.849 bits per heavy atom. The summed E-state index contributed by atoms with van der Waals surface area (Å²) in [6.45, 7) is 7.83. The fourth-order valence-corrected chi connectivity index (χ4v) is 9.93. The number of nitrogens with zero attached hydrogens (tertiary/aromatic N) is 6. The van der Waals surface area contributed by atoms with Crippen LogP contribution in [0.1, 0.15) is 47.9 Å². The summed E-state index contributed by atoms with van der Waals surface area (Å²) in [6.07, 6.45) is 4.40. The molecule has 2 aliphatic carbocycles. The van der Waals surface area contributed by atoms with Crippen molar-refractivity contribution in [3.05, 3.63) is 82.9 Å². The average Bonchev–Trinajstić information content (AvgIpc) is 3.67. The van der Waals surface area contributed by atoms with E-state index in [0.717, 1.165) is 124 Å². The fourth-order valence-electron chi connectivity index (χ4n) is 9.93. The van der Waals surface area contributed by atoms with Crippen molar-refractivity contribution in [2.45, 2.75) is 31.1 Å². The number of hydrogen-bond acceptors (Lipinski definition) is 10. The number of rotatable bonds is 6. The Hall–Kier alpha value is -5.38. The highest BCUT2D eigenvalue weighted by Crippen LogP contribution is 2.66. The first-order valence-corrected chi connectivity index (χ1v) is 19.1. The second-order valence-electron chi connectivity index (χ2n) is 14.8. The summed E-state index contributed by atoms with van der Waals surface area (Å²) in [4.78, 5) is 19.9. The minimum Gasteiger partial charge on any atom is -0.493 e. The number of guanidine groups is 2. The van der Waals surface area contributed by atoms with Crippen LogP contribution in [-0.4, -0.2) is 103 Å². The molecule has 0 atom stereocenters. The lowest BCUT2D eigenvalue weighted by atomic mass is 9.70. The van der Waals surface area contributed by atoms with E-state index in [1.807, 2.05) is 0 Å². The molecular formula is C43H46N6O4. The van der Waals surface area contributed by atoms with Gasteiger partial charge in [-0.2, -0.15) is 0 Å². The molecule has 10 nitrogen and oxygen atoms in total. The molecule has 10 rings (SSSR count). The molecule has 0 unspecified atom stereocenters. The molecule has 0 bridgehead atoms. The van der Waals surface area contributed by atoms with E-state index in [1.165, 1.54) is 22.3 Å². The molecule has 4 aliphatic heterocycles. The van der Waals surface area contributed by atoms with Crippen molar-refractivity contribution < 1.29 is 18.9 Å². The van der Waals surface area contributed by atoms with E-state index in [9.17, 15) is 0 Å². The second kappa shape index (κ2) is 12.4. The van der Waals surface area contributed by atoms with Gasteiger partial charge in [-0.25, -0.2) is 0 Å². The largest absolute Gasteiger partial charge is 0.493 e. The molecule has 0 aromatic heterocycles. The Balaban J connectivity index is 1.27. The summed E-state index contributed by atoms with van der Waals surface area (Å²) in [5.41, 5.74) is 11.1. The van der Waals surface area contributed by atoms with Crippen LogP contribution in [0.25, 0.3) is 22.3 Å². The summed E-state index contributed by atoms with van der Waals surface area (Å²) >= 11 is 0. The molecule has 0 saturated carbocycles. The van der Waals surface area contributed by atoms with E-state index in [-0.39, 0.29) is 0 Å². The van der Waals surface area contributed by atoms with Crippen molar-refractivity contribution in [3.8, 4) is 45.3 Å². The van der Waals surface area contributed by atoms with E-state index in [0.29, 0.717) is 23.0 Å². The van der Waals surface area contributed by atoms with Crippen LogP contribution in [0.15, 0.2) is 70.6 Å². The molecule has 0 N–H and O–H groups in total. The lowest BCUT2D eigenvalue weighted by Crippen LogP contribution is -2.52. The predicted molar refractivity (Wildman–Crippen MR) is 210 cm³/mol. The highest BCUT2D eigenvalue weighted by molar-refractivity contribution is 6.02. The Morgan fingerprint density at radius 3 is 1.28 bits per heavy atom. The quantitative estimate of drug-likeness (QED) is 0.191. The molecule has 4 heterocycles. The summed E-state index contributed by atoms with van der Waals surface area (Å²) in [7, 11) is 6.87. The van der Waals surface area contributed by atoms with Gasteiger partial charge in [-0.3, -0.25) is 9.98 Å². The molecule has 53 heavy (non-hydrogen) atoms. The molecule has 2 fully saturated rings. The zero-order chi connectivity index (χ0) is 35.8. The van der Waals surface area contributed by atoms with Crippen LogP contribution >= 0.6 is 0 Å².